The summed E-state index contributed by atoms with van der Waals surface area (Å²) in [6.07, 6.45) is 5.48. The normalized spacial score (nSPS) is 12.3. The van der Waals surface area contributed by atoms with Crippen LogP contribution in [-0.2, 0) is 0 Å². The fraction of sp³-hybridized carbons (Fsp3) is 0.467. The standard InChI is InChI=1S/C15H23N/c1-3-5-9-15(13-16-12-4-2)14-10-7-6-8-11-14/h3,6-8,10-11,15-16H,1,4-5,9,12-13H2,2H3. The van der Waals surface area contributed by atoms with Gasteiger partial charge in [0.25, 0.3) is 0 Å². The molecule has 0 amide bonds. The molecular formula is C15H23N. The number of rotatable bonds is 8. The molecule has 1 rings (SSSR count). The molecule has 0 spiro atoms. The molecule has 0 aliphatic rings. The molecule has 0 saturated heterocycles. The smallest absolute Gasteiger partial charge is 0.00202 e. The Labute approximate surface area is 99.6 Å². The lowest BCUT2D eigenvalue weighted by atomic mass is 9.94. The minimum Gasteiger partial charge on any atom is -0.316 e. The molecule has 0 bridgehead atoms. The summed E-state index contributed by atoms with van der Waals surface area (Å²) in [6.45, 7) is 8.19. The van der Waals surface area contributed by atoms with Gasteiger partial charge in [0, 0.05) is 6.54 Å². The van der Waals surface area contributed by atoms with Crippen LogP contribution in [0.25, 0.3) is 0 Å². The molecule has 16 heavy (non-hydrogen) atoms. The maximum atomic E-state index is 3.80. The Kier molecular flexibility index (Phi) is 6.59. The number of allylic oxidation sites excluding steroid dienone is 1. The van der Waals surface area contributed by atoms with Crippen molar-refractivity contribution in [3.05, 3.63) is 48.6 Å². The molecule has 0 aromatic heterocycles. The quantitative estimate of drug-likeness (QED) is 0.517. The summed E-state index contributed by atoms with van der Waals surface area (Å²) < 4.78 is 0. The monoisotopic (exact) mass is 217 g/mol. The number of nitrogens with one attached hydrogen (secondary N) is 1. The second-order valence-corrected chi connectivity index (χ2v) is 4.18. The highest BCUT2D eigenvalue weighted by Crippen LogP contribution is 2.20. The molecular weight excluding hydrogens is 194 g/mol. The molecule has 1 heteroatoms. The average Bonchev–Trinajstić information content (AvgIpc) is 2.35. The van der Waals surface area contributed by atoms with Crippen molar-refractivity contribution < 1.29 is 0 Å². The van der Waals surface area contributed by atoms with Crippen molar-refractivity contribution in [2.24, 2.45) is 0 Å². The zero-order valence-corrected chi connectivity index (χ0v) is 10.3. The van der Waals surface area contributed by atoms with Crippen LogP contribution in [0.3, 0.4) is 0 Å². The van der Waals surface area contributed by atoms with E-state index in [0.29, 0.717) is 5.92 Å². The maximum Gasteiger partial charge on any atom is 0.00202 e. The van der Waals surface area contributed by atoms with Gasteiger partial charge in [-0.3, -0.25) is 0 Å². The van der Waals surface area contributed by atoms with Crippen LogP contribution in [0.1, 0.15) is 37.7 Å². The first-order valence-electron chi connectivity index (χ1n) is 6.25. The molecule has 1 nitrogen and oxygen atoms in total. The summed E-state index contributed by atoms with van der Waals surface area (Å²) in [5, 5.41) is 3.51. The Balaban J connectivity index is 2.52. The summed E-state index contributed by atoms with van der Waals surface area (Å²) in [7, 11) is 0. The second kappa shape index (κ2) is 8.12. The zero-order valence-electron chi connectivity index (χ0n) is 10.3. The van der Waals surface area contributed by atoms with Gasteiger partial charge in [-0.25, -0.2) is 0 Å². The van der Waals surface area contributed by atoms with Crippen LogP contribution in [0.4, 0.5) is 0 Å². The highest BCUT2D eigenvalue weighted by atomic mass is 14.8. The van der Waals surface area contributed by atoms with Crippen LogP contribution in [-0.4, -0.2) is 13.1 Å². The largest absolute Gasteiger partial charge is 0.316 e. The highest BCUT2D eigenvalue weighted by molar-refractivity contribution is 5.19. The van der Waals surface area contributed by atoms with E-state index in [2.05, 4.69) is 49.2 Å². The first-order chi connectivity index (χ1) is 7.88. The summed E-state index contributed by atoms with van der Waals surface area (Å²) in [5.41, 5.74) is 1.44. The maximum absolute atomic E-state index is 3.80. The van der Waals surface area contributed by atoms with Crippen LogP contribution < -0.4 is 5.32 Å². The lowest BCUT2D eigenvalue weighted by Gasteiger charge is -2.17. The van der Waals surface area contributed by atoms with Crippen molar-refractivity contribution in [3.8, 4) is 0 Å². The van der Waals surface area contributed by atoms with Crippen molar-refractivity contribution in [1.29, 1.82) is 0 Å². The lowest BCUT2D eigenvalue weighted by molar-refractivity contribution is 0.552. The van der Waals surface area contributed by atoms with E-state index in [9.17, 15) is 0 Å². The third-order valence-corrected chi connectivity index (χ3v) is 2.81. The van der Waals surface area contributed by atoms with E-state index >= 15 is 0 Å². The molecule has 0 aliphatic heterocycles. The Hall–Kier alpha value is -1.08. The van der Waals surface area contributed by atoms with Gasteiger partial charge in [-0.1, -0.05) is 43.3 Å². The van der Waals surface area contributed by atoms with Crippen molar-refractivity contribution in [1.82, 2.24) is 5.32 Å². The first kappa shape index (κ1) is 13.0. The van der Waals surface area contributed by atoms with Gasteiger partial charge in [0.1, 0.15) is 0 Å². The fourth-order valence-electron chi connectivity index (χ4n) is 1.88. The average molecular weight is 217 g/mol. The van der Waals surface area contributed by atoms with Gasteiger partial charge in [0.05, 0.1) is 0 Å². The minimum absolute atomic E-state index is 0.616. The van der Waals surface area contributed by atoms with Crippen LogP contribution in [0.15, 0.2) is 43.0 Å². The third kappa shape index (κ3) is 4.63. The summed E-state index contributed by atoms with van der Waals surface area (Å²) in [5.74, 6) is 0.616. The van der Waals surface area contributed by atoms with Gasteiger partial charge in [0.2, 0.25) is 0 Å². The lowest BCUT2D eigenvalue weighted by Crippen LogP contribution is -2.22. The van der Waals surface area contributed by atoms with E-state index in [4.69, 9.17) is 0 Å². The Morgan fingerprint density at radius 2 is 2.06 bits per heavy atom. The SMILES string of the molecule is C=CCCC(CNCCC)c1ccccc1. The van der Waals surface area contributed by atoms with Crippen LogP contribution in [0.5, 0.6) is 0 Å². The number of hydrogen-bond donors (Lipinski definition) is 1. The van der Waals surface area contributed by atoms with Crippen LogP contribution >= 0.6 is 0 Å². The molecule has 1 atom stereocenters. The van der Waals surface area contributed by atoms with E-state index < -0.39 is 0 Å². The Morgan fingerprint density at radius 1 is 1.31 bits per heavy atom. The van der Waals surface area contributed by atoms with E-state index in [-0.39, 0.29) is 0 Å². The number of benzene rings is 1. The van der Waals surface area contributed by atoms with Gasteiger partial charge in [-0.2, -0.15) is 0 Å². The predicted molar refractivity (Wildman–Crippen MR) is 71.8 cm³/mol. The molecule has 1 aromatic rings. The molecule has 0 radical (unpaired) electrons. The van der Waals surface area contributed by atoms with E-state index in [1.54, 1.807) is 0 Å². The van der Waals surface area contributed by atoms with Crippen molar-refractivity contribution in [2.75, 3.05) is 13.1 Å². The summed E-state index contributed by atoms with van der Waals surface area (Å²) >= 11 is 0. The molecule has 1 unspecified atom stereocenters. The summed E-state index contributed by atoms with van der Waals surface area (Å²) in [4.78, 5) is 0. The van der Waals surface area contributed by atoms with E-state index in [1.165, 1.54) is 18.4 Å². The fourth-order valence-corrected chi connectivity index (χ4v) is 1.88. The van der Waals surface area contributed by atoms with E-state index in [0.717, 1.165) is 19.5 Å². The van der Waals surface area contributed by atoms with Crippen molar-refractivity contribution >= 4 is 0 Å². The van der Waals surface area contributed by atoms with Crippen LogP contribution in [0, 0.1) is 0 Å². The molecule has 0 aliphatic carbocycles. The number of hydrogen-bond acceptors (Lipinski definition) is 1. The highest BCUT2D eigenvalue weighted by Gasteiger charge is 2.09. The summed E-state index contributed by atoms with van der Waals surface area (Å²) in [6, 6.07) is 10.8. The molecule has 0 fully saturated rings. The molecule has 1 aromatic carbocycles. The predicted octanol–water partition coefficient (Wildman–Crippen LogP) is 3.74. The minimum atomic E-state index is 0.616. The molecule has 88 valence electrons. The Morgan fingerprint density at radius 3 is 2.69 bits per heavy atom. The van der Waals surface area contributed by atoms with Gasteiger partial charge in [0.15, 0.2) is 0 Å². The topological polar surface area (TPSA) is 12.0 Å². The van der Waals surface area contributed by atoms with Gasteiger partial charge in [-0.05, 0) is 37.3 Å². The van der Waals surface area contributed by atoms with Crippen molar-refractivity contribution in [2.45, 2.75) is 32.1 Å². The third-order valence-electron chi connectivity index (χ3n) is 2.81. The van der Waals surface area contributed by atoms with E-state index in [1.807, 2.05) is 6.08 Å². The molecule has 0 heterocycles. The molecule has 1 N–H and O–H groups in total. The second-order valence-electron chi connectivity index (χ2n) is 4.18. The van der Waals surface area contributed by atoms with Gasteiger partial charge < -0.3 is 5.32 Å². The van der Waals surface area contributed by atoms with Crippen LogP contribution in [0.2, 0.25) is 0 Å². The van der Waals surface area contributed by atoms with Gasteiger partial charge >= 0.3 is 0 Å². The zero-order chi connectivity index (χ0) is 11.6. The molecule has 0 saturated carbocycles. The first-order valence-corrected chi connectivity index (χ1v) is 6.25. The Bertz CT molecular complexity index is 279. The van der Waals surface area contributed by atoms with Crippen molar-refractivity contribution in [3.63, 3.8) is 0 Å². The van der Waals surface area contributed by atoms with Gasteiger partial charge in [-0.15, -0.1) is 6.58 Å².